The zero-order valence-corrected chi connectivity index (χ0v) is 42.0. The number of ether oxygens (including phenoxy) is 6. The lowest BCUT2D eigenvalue weighted by atomic mass is 10.0. The summed E-state index contributed by atoms with van der Waals surface area (Å²) in [7, 11) is 3.12. The first kappa shape index (κ1) is 52.4. The molecule has 74 heavy (non-hydrogen) atoms. The molecule has 4 amide bonds. The second-order valence-corrected chi connectivity index (χ2v) is 17.0. The van der Waals surface area contributed by atoms with Gasteiger partial charge in [0.1, 0.15) is 46.0 Å². The first-order valence-corrected chi connectivity index (χ1v) is 23.3. The van der Waals surface area contributed by atoms with Crippen LogP contribution in [0.1, 0.15) is 38.8 Å². The van der Waals surface area contributed by atoms with Crippen LogP contribution in [0.5, 0.6) is 57.5 Å². The van der Waals surface area contributed by atoms with Crippen molar-refractivity contribution in [1.82, 2.24) is 0 Å². The maximum absolute atomic E-state index is 13.2. The summed E-state index contributed by atoms with van der Waals surface area (Å²) in [6.45, 7) is 10.0. The number of amides is 4. The molecule has 0 aliphatic rings. The van der Waals surface area contributed by atoms with E-state index in [1.54, 1.807) is 82.7 Å². The highest BCUT2D eigenvalue weighted by molar-refractivity contribution is 6.00. The van der Waals surface area contributed by atoms with E-state index >= 15 is 0 Å². The molecule has 380 valence electrons. The first-order chi connectivity index (χ1) is 35.5. The third kappa shape index (κ3) is 13.3. The monoisotopic (exact) mass is 1000 g/mol. The Kier molecular flexibility index (Phi) is 16.7. The van der Waals surface area contributed by atoms with E-state index in [9.17, 15) is 29.4 Å². The summed E-state index contributed by atoms with van der Waals surface area (Å²) in [4.78, 5) is 49.4. The summed E-state index contributed by atoms with van der Waals surface area (Å²) in [6, 6.07) is 42.4. The molecule has 0 aliphatic heterocycles. The summed E-state index contributed by atoms with van der Waals surface area (Å²) < 4.78 is 34.3. The lowest BCUT2D eigenvalue weighted by Crippen LogP contribution is -2.30. The van der Waals surface area contributed by atoms with Crippen molar-refractivity contribution < 1.29 is 57.8 Å². The number of methoxy groups -OCH3 is 2. The van der Waals surface area contributed by atoms with Gasteiger partial charge in [0.15, 0.2) is 23.7 Å². The van der Waals surface area contributed by atoms with Gasteiger partial charge < -0.3 is 59.9 Å². The van der Waals surface area contributed by atoms with Crippen LogP contribution in [0, 0.1) is 13.8 Å². The highest BCUT2D eigenvalue weighted by Crippen LogP contribution is 2.41. The highest BCUT2D eigenvalue weighted by atomic mass is 16.5. The number of phenolic OH excluding ortho intramolecular Hbond substituents is 2. The fourth-order valence-corrected chi connectivity index (χ4v) is 7.50. The number of rotatable bonds is 16. The van der Waals surface area contributed by atoms with E-state index in [0.29, 0.717) is 34.5 Å². The van der Waals surface area contributed by atoms with Crippen LogP contribution in [-0.4, -0.2) is 60.3 Å². The van der Waals surface area contributed by atoms with Crippen LogP contribution >= 0.6 is 0 Å². The van der Waals surface area contributed by atoms with E-state index in [0.717, 1.165) is 27.1 Å². The number of carbonyl (C=O) groups excluding carboxylic acids is 4. The van der Waals surface area contributed by atoms with Gasteiger partial charge in [0.2, 0.25) is 11.8 Å². The summed E-state index contributed by atoms with van der Waals surface area (Å²) in [5, 5.41) is 35.4. The minimum Gasteiger partial charge on any atom is -0.506 e. The van der Waals surface area contributed by atoms with Crippen LogP contribution < -0.4 is 49.7 Å². The molecule has 8 rings (SSSR count). The van der Waals surface area contributed by atoms with Crippen molar-refractivity contribution in [1.29, 1.82) is 0 Å². The van der Waals surface area contributed by atoms with Crippen LogP contribution in [0.4, 0.5) is 22.7 Å². The van der Waals surface area contributed by atoms with Gasteiger partial charge in [-0.3, -0.25) is 19.2 Å². The molecule has 0 fully saturated rings. The van der Waals surface area contributed by atoms with Crippen molar-refractivity contribution in [2.45, 2.75) is 53.8 Å². The summed E-state index contributed by atoms with van der Waals surface area (Å²) in [5.74, 6) is 1.74. The van der Waals surface area contributed by atoms with Crippen molar-refractivity contribution in [3.8, 4) is 57.5 Å². The number of fused-ring (bicyclic) bond motifs is 2. The molecule has 16 heteroatoms. The number of benzene rings is 8. The molecule has 6 N–H and O–H groups in total. The molecule has 0 radical (unpaired) electrons. The molecule has 16 nitrogen and oxygen atoms in total. The van der Waals surface area contributed by atoms with E-state index in [1.807, 2.05) is 67.6 Å². The van der Waals surface area contributed by atoms with Crippen molar-refractivity contribution >= 4 is 67.9 Å². The van der Waals surface area contributed by atoms with E-state index in [4.69, 9.17) is 28.4 Å². The maximum Gasteiger partial charge on any atom is 0.265 e. The number of nitrogens with one attached hydrogen (secondary N) is 4. The first-order valence-electron chi connectivity index (χ1n) is 23.3. The van der Waals surface area contributed by atoms with Crippen molar-refractivity contribution in [2.24, 2.45) is 0 Å². The quantitative estimate of drug-likeness (QED) is 0.0499. The Morgan fingerprint density at radius 2 is 0.838 bits per heavy atom. The second-order valence-electron chi connectivity index (χ2n) is 17.0. The van der Waals surface area contributed by atoms with Crippen LogP contribution in [0.25, 0.3) is 21.5 Å². The van der Waals surface area contributed by atoms with Gasteiger partial charge in [0.05, 0.1) is 37.0 Å². The number of hydrogen-bond donors (Lipinski definition) is 6. The number of aromatic hydroxyl groups is 2. The van der Waals surface area contributed by atoms with Crippen LogP contribution in [-0.2, 0) is 19.2 Å². The molecule has 0 saturated heterocycles. The Bertz CT molecular complexity index is 3340. The van der Waals surface area contributed by atoms with Gasteiger partial charge in [-0.2, -0.15) is 0 Å². The molecule has 8 aromatic carbocycles. The SMILES string of the molecule is COc1ccc(Oc2cc(NC(C)=O)c(O)cc2NC(=O)C(C)Oc2cccc3cc(C)c(C)cc23)cc1.COc1ccc(Oc2cc(NC(C)=O)c(O)cc2NC(=O)C(C)Oc2cccc3ccccc23)cc1. The van der Waals surface area contributed by atoms with Gasteiger partial charge in [-0.1, -0.05) is 54.6 Å². The number of carbonyl (C=O) groups is 4. The van der Waals surface area contributed by atoms with Crippen LogP contribution in [0.15, 0.2) is 146 Å². The number of anilines is 4. The van der Waals surface area contributed by atoms with Gasteiger partial charge in [-0.15, -0.1) is 0 Å². The lowest BCUT2D eigenvalue weighted by molar-refractivity contribution is -0.122. The molecule has 2 atom stereocenters. The predicted octanol–water partition coefficient (Wildman–Crippen LogP) is 12.0. The van der Waals surface area contributed by atoms with Gasteiger partial charge in [0.25, 0.3) is 11.8 Å². The Morgan fingerprint density at radius 1 is 0.432 bits per heavy atom. The largest absolute Gasteiger partial charge is 0.506 e. The molecule has 2 unspecified atom stereocenters. The predicted molar refractivity (Wildman–Crippen MR) is 286 cm³/mol. The van der Waals surface area contributed by atoms with Gasteiger partial charge in [0, 0.05) is 48.9 Å². The van der Waals surface area contributed by atoms with Crippen molar-refractivity contribution in [3.63, 3.8) is 0 Å². The highest BCUT2D eigenvalue weighted by Gasteiger charge is 2.23. The van der Waals surface area contributed by atoms with Gasteiger partial charge in [-0.25, -0.2) is 0 Å². The van der Waals surface area contributed by atoms with Gasteiger partial charge in [-0.05, 0) is 116 Å². The number of phenols is 2. The average Bonchev–Trinajstić information content (AvgIpc) is 3.37. The molecular formula is C58H56N4O12. The Balaban J connectivity index is 0.000000217. The number of aryl methyl sites for hydroxylation is 2. The topological polar surface area (TPSA) is 212 Å². The van der Waals surface area contributed by atoms with Crippen molar-refractivity contribution in [3.05, 3.63) is 157 Å². The molecule has 0 saturated carbocycles. The van der Waals surface area contributed by atoms with E-state index < -0.39 is 24.0 Å². The Hall–Kier alpha value is -9.44. The minimum absolute atomic E-state index is 0.143. The molecule has 0 aliphatic carbocycles. The summed E-state index contributed by atoms with van der Waals surface area (Å²) in [5.41, 5.74) is 3.00. The summed E-state index contributed by atoms with van der Waals surface area (Å²) >= 11 is 0. The third-order valence-corrected chi connectivity index (χ3v) is 11.5. The third-order valence-electron chi connectivity index (χ3n) is 11.5. The minimum atomic E-state index is -0.867. The van der Waals surface area contributed by atoms with Crippen LogP contribution in [0.2, 0.25) is 0 Å². The lowest BCUT2D eigenvalue weighted by Gasteiger charge is -2.19. The normalized spacial score (nSPS) is 11.5. The molecule has 0 aromatic heterocycles. The molecular weight excluding hydrogens is 945 g/mol. The summed E-state index contributed by atoms with van der Waals surface area (Å²) in [6.07, 6.45) is -1.73. The zero-order chi connectivity index (χ0) is 53.1. The van der Waals surface area contributed by atoms with E-state index in [2.05, 4.69) is 34.3 Å². The molecule has 0 spiro atoms. The maximum atomic E-state index is 13.2. The zero-order valence-electron chi connectivity index (χ0n) is 42.0. The smallest absolute Gasteiger partial charge is 0.265 e. The fourth-order valence-electron chi connectivity index (χ4n) is 7.50. The van der Waals surface area contributed by atoms with Crippen molar-refractivity contribution in [2.75, 3.05) is 35.5 Å². The van der Waals surface area contributed by atoms with E-state index in [-0.39, 0.29) is 57.6 Å². The molecule has 8 aromatic rings. The molecule has 0 heterocycles. The standard InChI is InChI=1S/C30H30N2O6.C28H26N2O6/c1-17-13-21-7-6-8-28(24(21)14-18(17)2)37-19(3)30(35)32-26-15-27(34)25(31-20(4)33)16-29(26)38-23-11-9-22(36-5)10-12-23;1-17(35-26-10-6-8-19-7-4-5-9-22(19)26)28(33)30-24-15-25(32)23(29-18(2)31)16-27(24)36-21-13-11-20(34-3)12-14-21/h6-16,19,34H,1-5H3,(H,31,33)(H,32,35);4-17,32H,1-3H3,(H,29,31)(H,30,33). The molecule has 0 bridgehead atoms. The second kappa shape index (κ2) is 23.6. The van der Waals surface area contributed by atoms with Crippen LogP contribution in [0.3, 0.4) is 0 Å². The van der Waals surface area contributed by atoms with E-state index in [1.165, 1.54) is 43.7 Å². The Morgan fingerprint density at radius 3 is 1.30 bits per heavy atom. The average molecular weight is 1000 g/mol. The fraction of sp³-hybridized carbons (Fsp3) is 0.172. The van der Waals surface area contributed by atoms with Gasteiger partial charge >= 0.3 is 0 Å². The number of hydrogen-bond acceptors (Lipinski definition) is 12. The Labute approximate surface area is 427 Å².